The monoisotopic (exact) mass is 252 g/mol. The minimum atomic E-state index is -0.268. The van der Waals surface area contributed by atoms with Gasteiger partial charge in [0.15, 0.2) is 0 Å². The number of nitrogens with one attached hydrogen (secondary N) is 1. The molecule has 0 fully saturated rings. The van der Waals surface area contributed by atoms with Crippen molar-refractivity contribution in [2.24, 2.45) is 0 Å². The van der Waals surface area contributed by atoms with Crippen molar-refractivity contribution in [3.63, 3.8) is 0 Å². The topological polar surface area (TPSA) is 24.9 Å². The lowest BCUT2D eigenvalue weighted by atomic mass is 10.3. The molecule has 10 heavy (non-hydrogen) atoms. The van der Waals surface area contributed by atoms with E-state index in [9.17, 15) is 4.39 Å². The van der Waals surface area contributed by atoms with Gasteiger partial charge in [-0.1, -0.05) is 0 Å². The number of aromatic nitrogens is 1. The van der Waals surface area contributed by atoms with Crippen molar-refractivity contribution >= 4 is 28.7 Å². The van der Waals surface area contributed by atoms with Crippen molar-refractivity contribution in [1.29, 1.82) is 0 Å². The van der Waals surface area contributed by atoms with Crippen LogP contribution < -0.4 is 3.53 Å². The third-order valence-corrected chi connectivity index (χ3v) is 1.70. The number of aryl methyl sites for hydroxylation is 1. The van der Waals surface area contributed by atoms with Gasteiger partial charge in [0, 0.05) is 0 Å². The van der Waals surface area contributed by atoms with Crippen LogP contribution in [-0.2, 0) is 0 Å². The van der Waals surface area contributed by atoms with Crippen LogP contribution in [0, 0.1) is 12.7 Å². The van der Waals surface area contributed by atoms with Crippen molar-refractivity contribution in [3.05, 3.63) is 23.6 Å². The average molecular weight is 252 g/mol. The first-order valence-corrected chi connectivity index (χ1v) is 3.80. The molecule has 0 aliphatic carbocycles. The molecule has 1 heterocycles. The van der Waals surface area contributed by atoms with Gasteiger partial charge < -0.3 is 3.53 Å². The van der Waals surface area contributed by atoms with Crippen molar-refractivity contribution in [2.45, 2.75) is 6.92 Å². The molecule has 0 radical (unpaired) electrons. The molecule has 1 aromatic heterocycles. The smallest absolute Gasteiger partial charge is 0.144 e. The van der Waals surface area contributed by atoms with Crippen molar-refractivity contribution in [1.82, 2.24) is 4.98 Å². The number of hydrogen-bond donors (Lipinski definition) is 1. The molecule has 0 unspecified atom stereocenters. The Bertz CT molecular complexity index is 239. The average Bonchev–Trinajstić information content (AvgIpc) is 1.95. The highest BCUT2D eigenvalue weighted by Gasteiger charge is 1.97. The first kappa shape index (κ1) is 7.71. The summed E-state index contributed by atoms with van der Waals surface area (Å²) in [5, 5.41) is 0. The van der Waals surface area contributed by atoms with Gasteiger partial charge in [-0.2, -0.15) is 0 Å². The first-order valence-electron chi connectivity index (χ1n) is 2.73. The lowest BCUT2D eigenvalue weighted by Gasteiger charge is -1.98. The molecule has 0 aliphatic heterocycles. The van der Waals surface area contributed by atoms with Crippen LogP contribution in [0.1, 0.15) is 5.56 Å². The molecule has 54 valence electrons. The number of hydrogen-bond acceptors (Lipinski definition) is 2. The lowest BCUT2D eigenvalue weighted by Crippen LogP contribution is -1.89. The quantitative estimate of drug-likeness (QED) is 0.612. The van der Waals surface area contributed by atoms with Crippen LogP contribution in [0.25, 0.3) is 0 Å². The van der Waals surface area contributed by atoms with Gasteiger partial charge in [0.1, 0.15) is 11.6 Å². The van der Waals surface area contributed by atoms with Crippen molar-refractivity contribution in [2.75, 3.05) is 3.53 Å². The summed E-state index contributed by atoms with van der Waals surface area (Å²) in [5.74, 6) is 0.412. The standard InChI is InChI=1S/C6H6FIN2/c1-4-2-6(10-8)9-3-5(4)7/h2-3H,1H3,(H,9,10). The second-order valence-corrected chi connectivity index (χ2v) is 2.45. The molecule has 1 aromatic rings. The zero-order valence-corrected chi connectivity index (χ0v) is 7.52. The SMILES string of the molecule is Cc1cc(NI)ncc1F. The second kappa shape index (κ2) is 3.14. The molecule has 4 heteroatoms. The Kier molecular flexibility index (Phi) is 2.42. The molecule has 0 amide bonds. The van der Waals surface area contributed by atoms with Gasteiger partial charge in [0.2, 0.25) is 0 Å². The van der Waals surface area contributed by atoms with E-state index in [2.05, 4.69) is 8.51 Å². The van der Waals surface area contributed by atoms with Crippen LogP contribution >= 0.6 is 22.9 Å². The largest absolute Gasteiger partial charge is 0.313 e. The Balaban J connectivity index is 3.04. The fraction of sp³-hybridized carbons (Fsp3) is 0.167. The number of pyridine rings is 1. The molecule has 0 aliphatic rings. The number of rotatable bonds is 1. The van der Waals surface area contributed by atoms with E-state index in [4.69, 9.17) is 0 Å². The molecule has 1 rings (SSSR count). The third-order valence-electron chi connectivity index (χ3n) is 1.14. The molecule has 0 spiro atoms. The fourth-order valence-electron chi connectivity index (χ4n) is 0.591. The van der Waals surface area contributed by atoms with Crippen LogP contribution in [0.2, 0.25) is 0 Å². The maximum absolute atomic E-state index is 12.5. The van der Waals surface area contributed by atoms with E-state index >= 15 is 0 Å². The van der Waals surface area contributed by atoms with E-state index in [1.807, 2.05) is 22.9 Å². The van der Waals surface area contributed by atoms with Crippen LogP contribution in [0.4, 0.5) is 10.2 Å². The summed E-state index contributed by atoms with van der Waals surface area (Å²) in [7, 11) is 0. The van der Waals surface area contributed by atoms with Gasteiger partial charge in [-0.25, -0.2) is 9.37 Å². The summed E-state index contributed by atoms with van der Waals surface area (Å²) in [4.78, 5) is 3.76. The summed E-state index contributed by atoms with van der Waals surface area (Å²) in [5.41, 5.74) is 0.606. The van der Waals surface area contributed by atoms with Crippen LogP contribution in [0.15, 0.2) is 12.3 Å². The number of anilines is 1. The van der Waals surface area contributed by atoms with Crippen LogP contribution in [0.3, 0.4) is 0 Å². The third kappa shape index (κ3) is 1.56. The zero-order chi connectivity index (χ0) is 7.56. The van der Waals surface area contributed by atoms with Gasteiger partial charge >= 0.3 is 0 Å². The molecular weight excluding hydrogens is 246 g/mol. The van der Waals surface area contributed by atoms with E-state index in [0.717, 1.165) is 0 Å². The van der Waals surface area contributed by atoms with E-state index in [0.29, 0.717) is 11.4 Å². The summed E-state index contributed by atoms with van der Waals surface area (Å²) in [6.45, 7) is 1.70. The van der Waals surface area contributed by atoms with Gasteiger partial charge in [0.25, 0.3) is 0 Å². The Morgan fingerprint density at radius 1 is 1.70 bits per heavy atom. The summed E-state index contributed by atoms with van der Waals surface area (Å²) in [6.07, 6.45) is 1.20. The fourth-order valence-corrected chi connectivity index (χ4v) is 0.886. The van der Waals surface area contributed by atoms with Crippen LogP contribution in [0.5, 0.6) is 0 Å². The van der Waals surface area contributed by atoms with Gasteiger partial charge in [0.05, 0.1) is 29.1 Å². The van der Waals surface area contributed by atoms with E-state index < -0.39 is 0 Å². The summed E-state index contributed by atoms with van der Waals surface area (Å²) < 4.78 is 15.3. The highest BCUT2D eigenvalue weighted by Crippen LogP contribution is 2.10. The maximum atomic E-state index is 12.5. The molecule has 2 nitrogen and oxygen atoms in total. The molecule has 0 bridgehead atoms. The van der Waals surface area contributed by atoms with E-state index in [1.165, 1.54) is 6.20 Å². The number of nitrogens with zero attached hydrogens (tertiary/aromatic N) is 1. The van der Waals surface area contributed by atoms with Crippen molar-refractivity contribution in [3.8, 4) is 0 Å². The molecule has 0 saturated heterocycles. The van der Waals surface area contributed by atoms with Crippen LogP contribution in [-0.4, -0.2) is 4.98 Å². The number of halogens is 2. The van der Waals surface area contributed by atoms with Gasteiger partial charge in [-0.3, -0.25) is 0 Å². The Morgan fingerprint density at radius 2 is 2.40 bits per heavy atom. The minimum absolute atomic E-state index is 0.268. The highest BCUT2D eigenvalue weighted by atomic mass is 127. The minimum Gasteiger partial charge on any atom is -0.313 e. The lowest BCUT2D eigenvalue weighted by molar-refractivity contribution is 0.612. The van der Waals surface area contributed by atoms with Gasteiger partial charge in [-0.05, 0) is 18.6 Å². The Morgan fingerprint density at radius 3 is 2.90 bits per heavy atom. The maximum Gasteiger partial charge on any atom is 0.144 e. The summed E-state index contributed by atoms with van der Waals surface area (Å²) in [6, 6.07) is 1.65. The van der Waals surface area contributed by atoms with Gasteiger partial charge in [-0.15, -0.1) is 0 Å². The molecular formula is C6H6FIN2. The predicted molar refractivity (Wildman–Crippen MR) is 46.6 cm³/mol. The molecule has 1 N–H and O–H groups in total. The molecule has 0 aromatic carbocycles. The van der Waals surface area contributed by atoms with E-state index in [1.54, 1.807) is 13.0 Å². The highest BCUT2D eigenvalue weighted by molar-refractivity contribution is 14.1. The predicted octanol–water partition coefficient (Wildman–Crippen LogP) is 2.29. The molecule has 0 atom stereocenters. The van der Waals surface area contributed by atoms with Crippen molar-refractivity contribution < 1.29 is 4.39 Å². The summed E-state index contributed by atoms with van der Waals surface area (Å²) >= 11 is 1.95. The normalized spacial score (nSPS) is 9.50. The second-order valence-electron chi connectivity index (χ2n) is 1.91. The Hall–Kier alpha value is -0.390. The Labute approximate surface area is 72.3 Å². The van der Waals surface area contributed by atoms with E-state index in [-0.39, 0.29) is 5.82 Å². The zero-order valence-electron chi connectivity index (χ0n) is 5.36. The molecule has 0 saturated carbocycles. The first-order chi connectivity index (χ1) is 4.74.